The Hall–Kier alpha value is 0. The number of unbranched alkanes of at least 4 members (excludes halogenated alkanes) is 3. The first-order valence-electron chi connectivity index (χ1n) is 7.04. The van der Waals surface area contributed by atoms with Gasteiger partial charge in [0.25, 0.3) is 0 Å². The quantitative estimate of drug-likeness (QED) is 0.452. The molecule has 0 amide bonds. The fraction of sp³-hybridized carbons (Fsp3) is 1.00. The molecule has 0 aliphatic heterocycles. The molecule has 15 heavy (non-hydrogen) atoms. The average molecular weight is 214 g/mol. The summed E-state index contributed by atoms with van der Waals surface area (Å²) in [7, 11) is 0. The topological polar surface area (TPSA) is 0 Å². The van der Waals surface area contributed by atoms with Crippen LogP contribution in [0.1, 0.15) is 86.5 Å². The van der Waals surface area contributed by atoms with Gasteiger partial charge < -0.3 is 0 Å². The molecule has 0 heterocycles. The highest BCUT2D eigenvalue weighted by Gasteiger charge is 1.91. The van der Waals surface area contributed by atoms with Gasteiger partial charge in [-0.15, -0.1) is 0 Å². The van der Waals surface area contributed by atoms with Gasteiger partial charge in [-0.05, 0) is 11.8 Å². The molecule has 0 rings (SSSR count). The predicted octanol–water partition coefficient (Wildman–Crippen LogP) is 6.06. The molecule has 0 fully saturated rings. The zero-order chi connectivity index (χ0) is 12.1. The maximum absolute atomic E-state index is 2.30. The van der Waals surface area contributed by atoms with Crippen molar-refractivity contribution in [1.82, 2.24) is 0 Å². The Labute approximate surface area is 98.9 Å². The monoisotopic (exact) mass is 214 g/mol. The molecular weight excluding hydrogens is 180 g/mol. The fourth-order valence-electron chi connectivity index (χ4n) is 1.56. The van der Waals surface area contributed by atoms with Crippen LogP contribution in [0.25, 0.3) is 0 Å². The van der Waals surface area contributed by atoms with Crippen molar-refractivity contribution in [2.75, 3.05) is 0 Å². The maximum atomic E-state index is 2.30. The van der Waals surface area contributed by atoms with Crippen LogP contribution in [0, 0.1) is 11.8 Å². The van der Waals surface area contributed by atoms with Gasteiger partial charge in [-0.1, -0.05) is 86.5 Å². The van der Waals surface area contributed by atoms with Crippen molar-refractivity contribution in [2.45, 2.75) is 86.5 Å². The van der Waals surface area contributed by atoms with Crippen molar-refractivity contribution in [3.8, 4) is 0 Å². The third kappa shape index (κ3) is 24.9. The molecular formula is C15H34. The molecule has 94 valence electrons. The van der Waals surface area contributed by atoms with Gasteiger partial charge in [0.15, 0.2) is 0 Å². The summed E-state index contributed by atoms with van der Waals surface area (Å²) >= 11 is 0. The minimum absolute atomic E-state index is 0.898. The molecule has 0 unspecified atom stereocenters. The van der Waals surface area contributed by atoms with Crippen molar-refractivity contribution >= 4 is 0 Å². The molecule has 0 aliphatic rings. The van der Waals surface area contributed by atoms with Crippen LogP contribution in [0.5, 0.6) is 0 Å². The third-order valence-corrected chi connectivity index (χ3v) is 2.50. The maximum Gasteiger partial charge on any atom is -0.0471 e. The SMILES string of the molecule is CCCC(C)C.CCCCCCC(C)C. The lowest BCUT2D eigenvalue weighted by Crippen LogP contribution is -1.86. The van der Waals surface area contributed by atoms with E-state index < -0.39 is 0 Å². The molecule has 0 atom stereocenters. The van der Waals surface area contributed by atoms with Crippen LogP contribution in [0.3, 0.4) is 0 Å². The van der Waals surface area contributed by atoms with Gasteiger partial charge in [0, 0.05) is 0 Å². The second-order valence-electron chi connectivity index (χ2n) is 5.43. The first-order valence-corrected chi connectivity index (χ1v) is 7.04. The van der Waals surface area contributed by atoms with Crippen molar-refractivity contribution in [1.29, 1.82) is 0 Å². The molecule has 0 aromatic heterocycles. The molecule has 0 saturated carbocycles. The highest BCUT2D eigenvalue weighted by molar-refractivity contribution is 4.45. The van der Waals surface area contributed by atoms with Crippen LogP contribution in [0.4, 0.5) is 0 Å². The molecule has 0 heteroatoms. The highest BCUT2D eigenvalue weighted by atomic mass is 14.0. The van der Waals surface area contributed by atoms with Crippen LogP contribution in [-0.2, 0) is 0 Å². The summed E-state index contributed by atoms with van der Waals surface area (Å²) in [4.78, 5) is 0. The van der Waals surface area contributed by atoms with E-state index in [1.165, 1.54) is 44.9 Å². The van der Waals surface area contributed by atoms with Crippen LogP contribution in [-0.4, -0.2) is 0 Å². The summed E-state index contributed by atoms with van der Waals surface area (Å²) < 4.78 is 0. The Bertz CT molecular complexity index is 92.2. The van der Waals surface area contributed by atoms with Gasteiger partial charge in [-0.3, -0.25) is 0 Å². The summed E-state index contributed by atoms with van der Waals surface area (Å²) in [5.41, 5.74) is 0. The molecule has 0 saturated heterocycles. The van der Waals surface area contributed by atoms with E-state index in [1.54, 1.807) is 0 Å². The molecule has 0 aromatic carbocycles. The summed E-state index contributed by atoms with van der Waals surface area (Å²) in [6, 6.07) is 0. The Balaban J connectivity index is 0. The van der Waals surface area contributed by atoms with E-state index in [0.717, 1.165) is 11.8 Å². The molecule has 0 N–H and O–H groups in total. The summed E-state index contributed by atoms with van der Waals surface area (Å²) in [6.45, 7) is 13.6. The molecule has 0 bridgehead atoms. The zero-order valence-electron chi connectivity index (χ0n) is 12.1. The number of rotatable bonds is 7. The Morgan fingerprint density at radius 3 is 1.40 bits per heavy atom. The largest absolute Gasteiger partial charge is 0.0654 e. The van der Waals surface area contributed by atoms with E-state index in [-0.39, 0.29) is 0 Å². The molecule has 0 spiro atoms. The molecule has 0 aliphatic carbocycles. The van der Waals surface area contributed by atoms with Crippen molar-refractivity contribution in [2.24, 2.45) is 11.8 Å². The summed E-state index contributed by atoms with van der Waals surface area (Å²) in [6.07, 6.45) is 9.78. The molecule has 0 nitrogen and oxygen atoms in total. The van der Waals surface area contributed by atoms with Crippen molar-refractivity contribution in [3.63, 3.8) is 0 Å². The molecule has 0 radical (unpaired) electrons. The third-order valence-electron chi connectivity index (χ3n) is 2.50. The average Bonchev–Trinajstić information content (AvgIpc) is 2.13. The lowest BCUT2D eigenvalue weighted by Gasteiger charge is -2.01. The van der Waals surface area contributed by atoms with E-state index in [4.69, 9.17) is 0 Å². The van der Waals surface area contributed by atoms with Crippen LogP contribution >= 0.6 is 0 Å². The van der Waals surface area contributed by atoms with E-state index in [2.05, 4.69) is 41.5 Å². The fourth-order valence-corrected chi connectivity index (χ4v) is 1.56. The van der Waals surface area contributed by atoms with E-state index in [0.29, 0.717) is 0 Å². The Morgan fingerprint density at radius 2 is 1.13 bits per heavy atom. The zero-order valence-corrected chi connectivity index (χ0v) is 12.1. The first kappa shape index (κ1) is 17.4. The lowest BCUT2D eigenvalue weighted by atomic mass is 10.1. The van der Waals surface area contributed by atoms with Gasteiger partial charge in [0.1, 0.15) is 0 Å². The normalized spacial score (nSPS) is 10.4. The van der Waals surface area contributed by atoms with Gasteiger partial charge in [0.2, 0.25) is 0 Å². The second kappa shape index (κ2) is 14.0. The number of hydrogen-bond acceptors (Lipinski definition) is 0. The van der Waals surface area contributed by atoms with Crippen molar-refractivity contribution in [3.05, 3.63) is 0 Å². The van der Waals surface area contributed by atoms with E-state index in [1.807, 2.05) is 0 Å². The highest BCUT2D eigenvalue weighted by Crippen LogP contribution is 2.08. The van der Waals surface area contributed by atoms with E-state index in [9.17, 15) is 0 Å². The van der Waals surface area contributed by atoms with Crippen LogP contribution in [0.2, 0.25) is 0 Å². The first-order chi connectivity index (χ1) is 7.04. The smallest absolute Gasteiger partial charge is 0.0471 e. The summed E-state index contributed by atoms with van der Waals surface area (Å²) in [5, 5.41) is 0. The van der Waals surface area contributed by atoms with Gasteiger partial charge in [-0.25, -0.2) is 0 Å². The second-order valence-corrected chi connectivity index (χ2v) is 5.43. The van der Waals surface area contributed by atoms with Gasteiger partial charge in [-0.2, -0.15) is 0 Å². The van der Waals surface area contributed by atoms with Crippen molar-refractivity contribution < 1.29 is 0 Å². The minimum Gasteiger partial charge on any atom is -0.0654 e. The standard InChI is InChI=1S/C9H20.C6H14/c1-4-5-6-7-8-9(2)3;1-4-5-6(2)3/h9H,4-8H2,1-3H3;6H,4-5H2,1-3H3. The van der Waals surface area contributed by atoms with E-state index >= 15 is 0 Å². The summed E-state index contributed by atoms with van der Waals surface area (Å²) in [5.74, 6) is 1.80. The Kier molecular flexibility index (Phi) is 16.2. The van der Waals surface area contributed by atoms with Crippen LogP contribution in [0.15, 0.2) is 0 Å². The number of hydrogen-bond donors (Lipinski definition) is 0. The Morgan fingerprint density at radius 1 is 0.600 bits per heavy atom. The van der Waals surface area contributed by atoms with Gasteiger partial charge >= 0.3 is 0 Å². The lowest BCUT2D eigenvalue weighted by molar-refractivity contribution is 0.525. The minimum atomic E-state index is 0.898. The van der Waals surface area contributed by atoms with Gasteiger partial charge in [0.05, 0.1) is 0 Å². The predicted molar refractivity (Wildman–Crippen MR) is 73.3 cm³/mol. The molecule has 0 aromatic rings. The van der Waals surface area contributed by atoms with Crippen LogP contribution < -0.4 is 0 Å².